The Morgan fingerprint density at radius 2 is 1.64 bits per heavy atom. The molecule has 7 heteroatoms. The van der Waals surface area contributed by atoms with E-state index in [0.717, 1.165) is 22.3 Å². The molecule has 2 aromatic carbocycles. The van der Waals surface area contributed by atoms with Crippen molar-refractivity contribution >= 4 is 11.7 Å². The minimum absolute atomic E-state index is 0.0221. The van der Waals surface area contributed by atoms with E-state index in [-0.39, 0.29) is 5.91 Å². The number of rotatable bonds is 5. The van der Waals surface area contributed by atoms with Crippen LogP contribution < -0.4 is 4.90 Å². The standard InChI is InChI=1S/C29H28N6O/c1-21-8-10-24(11-9-21)26-22(2)19-35(20-23-6-4-3-5-7-23)27(26)29(36)34-16-14-33(15-17-34)28-25(18-30)31-12-13-32-28/h3-13,19H,14-17,20H2,1-2H3. The molecule has 0 spiro atoms. The molecular formula is C29H28N6O. The average molecular weight is 477 g/mol. The van der Waals surface area contributed by atoms with Crippen LogP contribution in [0.2, 0.25) is 0 Å². The summed E-state index contributed by atoms with van der Waals surface area (Å²) in [5.74, 6) is 0.602. The Labute approximate surface area is 211 Å². The van der Waals surface area contributed by atoms with Gasteiger partial charge in [-0.3, -0.25) is 4.79 Å². The summed E-state index contributed by atoms with van der Waals surface area (Å²) in [5.41, 5.74) is 6.47. The molecule has 36 heavy (non-hydrogen) atoms. The van der Waals surface area contributed by atoms with E-state index in [1.54, 1.807) is 6.20 Å². The van der Waals surface area contributed by atoms with Gasteiger partial charge in [0.05, 0.1) is 0 Å². The maximum atomic E-state index is 14.1. The van der Waals surface area contributed by atoms with Gasteiger partial charge >= 0.3 is 0 Å². The van der Waals surface area contributed by atoms with E-state index in [4.69, 9.17) is 0 Å². The molecule has 0 radical (unpaired) electrons. The maximum Gasteiger partial charge on any atom is 0.271 e. The van der Waals surface area contributed by atoms with E-state index in [1.165, 1.54) is 11.8 Å². The molecule has 0 unspecified atom stereocenters. The summed E-state index contributed by atoms with van der Waals surface area (Å²) in [6, 6.07) is 20.7. The Balaban J connectivity index is 1.46. The molecule has 0 N–H and O–H groups in total. The SMILES string of the molecule is Cc1ccc(-c2c(C)cn(Cc3ccccc3)c2C(=O)N2CCN(c3nccnc3C#N)CC2)cc1. The van der Waals surface area contributed by atoms with Crippen molar-refractivity contribution in [3.05, 3.63) is 101 Å². The van der Waals surface area contributed by atoms with Crippen molar-refractivity contribution in [1.29, 1.82) is 5.26 Å². The fourth-order valence-electron chi connectivity index (χ4n) is 4.82. The first-order valence-electron chi connectivity index (χ1n) is 12.1. The van der Waals surface area contributed by atoms with Gasteiger partial charge in [-0.2, -0.15) is 5.26 Å². The van der Waals surface area contributed by atoms with Crippen LogP contribution in [0.15, 0.2) is 73.2 Å². The lowest BCUT2D eigenvalue weighted by Crippen LogP contribution is -2.49. The molecule has 2 aromatic heterocycles. The third kappa shape index (κ3) is 4.58. The van der Waals surface area contributed by atoms with Crippen LogP contribution in [-0.2, 0) is 6.54 Å². The molecule has 4 aromatic rings. The smallest absolute Gasteiger partial charge is 0.271 e. The summed E-state index contributed by atoms with van der Waals surface area (Å²) < 4.78 is 2.09. The fraction of sp³-hybridized carbons (Fsp3) is 0.241. The number of hydrogen-bond donors (Lipinski definition) is 0. The van der Waals surface area contributed by atoms with E-state index in [2.05, 4.69) is 77.0 Å². The van der Waals surface area contributed by atoms with Crippen molar-refractivity contribution in [1.82, 2.24) is 19.4 Å². The van der Waals surface area contributed by atoms with Crippen LogP contribution in [-0.4, -0.2) is 51.5 Å². The molecule has 1 aliphatic rings. The van der Waals surface area contributed by atoms with E-state index < -0.39 is 0 Å². The molecule has 1 aliphatic heterocycles. The van der Waals surface area contributed by atoms with E-state index in [9.17, 15) is 10.1 Å². The molecule has 5 rings (SSSR count). The molecule has 0 saturated carbocycles. The zero-order chi connectivity index (χ0) is 25.1. The molecule has 0 aliphatic carbocycles. The first-order valence-corrected chi connectivity index (χ1v) is 12.1. The third-order valence-corrected chi connectivity index (χ3v) is 6.66. The Hall–Kier alpha value is -4.44. The molecular weight excluding hydrogens is 448 g/mol. The number of nitrogens with zero attached hydrogens (tertiary/aromatic N) is 6. The molecule has 3 heterocycles. The number of hydrogen-bond acceptors (Lipinski definition) is 5. The topological polar surface area (TPSA) is 78.1 Å². The number of aryl methyl sites for hydroxylation is 2. The van der Waals surface area contributed by atoms with Crippen LogP contribution in [0.1, 0.15) is 32.9 Å². The highest BCUT2D eigenvalue weighted by molar-refractivity contribution is 6.00. The highest BCUT2D eigenvalue weighted by Gasteiger charge is 2.29. The van der Waals surface area contributed by atoms with Crippen LogP contribution in [0, 0.1) is 25.2 Å². The predicted octanol–water partition coefficient (Wildman–Crippen LogP) is 4.44. The number of benzene rings is 2. The van der Waals surface area contributed by atoms with Crippen LogP contribution in [0.4, 0.5) is 5.82 Å². The van der Waals surface area contributed by atoms with E-state index in [1.807, 2.05) is 28.0 Å². The second-order valence-electron chi connectivity index (χ2n) is 9.13. The third-order valence-electron chi connectivity index (χ3n) is 6.66. The van der Waals surface area contributed by atoms with Crippen LogP contribution in [0.3, 0.4) is 0 Å². The Kier molecular flexibility index (Phi) is 6.50. The normalized spacial score (nSPS) is 13.5. The van der Waals surface area contributed by atoms with Gasteiger partial charge in [-0.15, -0.1) is 0 Å². The Bertz CT molecular complexity index is 1410. The lowest BCUT2D eigenvalue weighted by atomic mass is 10.00. The number of piperazine rings is 1. The van der Waals surface area contributed by atoms with Crippen molar-refractivity contribution < 1.29 is 4.79 Å². The van der Waals surface area contributed by atoms with Crippen molar-refractivity contribution in [3.63, 3.8) is 0 Å². The minimum atomic E-state index is 0.0221. The van der Waals surface area contributed by atoms with Gasteiger partial charge in [0, 0.05) is 56.9 Å². The summed E-state index contributed by atoms with van der Waals surface area (Å²) in [7, 11) is 0. The molecule has 7 nitrogen and oxygen atoms in total. The molecule has 0 atom stereocenters. The van der Waals surface area contributed by atoms with Crippen molar-refractivity contribution in [2.75, 3.05) is 31.1 Å². The lowest BCUT2D eigenvalue weighted by molar-refractivity contribution is 0.0737. The van der Waals surface area contributed by atoms with Gasteiger partial charge in [-0.05, 0) is 30.5 Å². The number of nitriles is 1. The predicted molar refractivity (Wildman–Crippen MR) is 140 cm³/mol. The van der Waals surface area contributed by atoms with Crippen LogP contribution in [0.25, 0.3) is 11.1 Å². The number of aromatic nitrogens is 3. The lowest BCUT2D eigenvalue weighted by Gasteiger charge is -2.35. The zero-order valence-corrected chi connectivity index (χ0v) is 20.6. The summed E-state index contributed by atoms with van der Waals surface area (Å²) >= 11 is 0. The number of carbonyl (C=O) groups excluding carboxylic acids is 1. The van der Waals surface area contributed by atoms with Crippen molar-refractivity contribution in [2.24, 2.45) is 0 Å². The summed E-state index contributed by atoms with van der Waals surface area (Å²) in [4.78, 5) is 26.5. The summed E-state index contributed by atoms with van der Waals surface area (Å²) in [6.45, 7) is 7.04. The highest BCUT2D eigenvalue weighted by Crippen LogP contribution is 2.32. The number of amides is 1. The molecule has 1 saturated heterocycles. The highest BCUT2D eigenvalue weighted by atomic mass is 16.2. The Morgan fingerprint density at radius 1 is 0.944 bits per heavy atom. The molecule has 1 amide bonds. The summed E-state index contributed by atoms with van der Waals surface area (Å²) in [6.07, 6.45) is 5.21. The molecule has 0 bridgehead atoms. The first-order chi connectivity index (χ1) is 17.5. The second kappa shape index (κ2) is 10.0. The maximum absolute atomic E-state index is 14.1. The first kappa shape index (κ1) is 23.3. The van der Waals surface area contributed by atoms with Gasteiger partial charge in [0.25, 0.3) is 5.91 Å². The van der Waals surface area contributed by atoms with Gasteiger partial charge in [0.15, 0.2) is 11.5 Å². The van der Waals surface area contributed by atoms with Gasteiger partial charge in [-0.1, -0.05) is 60.2 Å². The van der Waals surface area contributed by atoms with Gasteiger partial charge in [-0.25, -0.2) is 9.97 Å². The van der Waals surface area contributed by atoms with Crippen LogP contribution >= 0.6 is 0 Å². The Morgan fingerprint density at radius 3 is 2.33 bits per heavy atom. The van der Waals surface area contributed by atoms with Crippen LogP contribution in [0.5, 0.6) is 0 Å². The van der Waals surface area contributed by atoms with Gasteiger partial charge in [0.1, 0.15) is 11.8 Å². The van der Waals surface area contributed by atoms with E-state index >= 15 is 0 Å². The second-order valence-corrected chi connectivity index (χ2v) is 9.13. The van der Waals surface area contributed by atoms with Crippen molar-refractivity contribution in [2.45, 2.75) is 20.4 Å². The average Bonchev–Trinajstić information content (AvgIpc) is 3.24. The number of anilines is 1. The van der Waals surface area contributed by atoms with Gasteiger partial charge < -0.3 is 14.4 Å². The largest absolute Gasteiger partial charge is 0.351 e. The monoisotopic (exact) mass is 476 g/mol. The minimum Gasteiger partial charge on any atom is -0.351 e. The van der Waals surface area contributed by atoms with E-state index in [0.29, 0.717) is 49.9 Å². The molecule has 180 valence electrons. The van der Waals surface area contributed by atoms with Gasteiger partial charge in [0.2, 0.25) is 0 Å². The molecule has 1 fully saturated rings. The van der Waals surface area contributed by atoms with Crippen molar-refractivity contribution in [3.8, 4) is 17.2 Å². The zero-order valence-electron chi connectivity index (χ0n) is 20.6. The number of carbonyl (C=O) groups is 1. The fourth-order valence-corrected chi connectivity index (χ4v) is 4.82. The summed E-state index contributed by atoms with van der Waals surface area (Å²) in [5, 5.41) is 9.40. The quantitative estimate of drug-likeness (QED) is 0.425.